The first kappa shape index (κ1) is 23.9. The standard InChI is InChI=1S/C28H19ClFN3O2S/c1-17-21(13-26-27(34)33(28(35)36-26)16-22-23(29)10-6-11-24(22)30)20-9-4-5-12-25(20)32(17)15-19-8-3-2-7-18(19)14-31/h2-13H,15-16H2,1H3/b26-13-. The fraction of sp³-hybridized carbons (Fsp3) is 0.107. The monoisotopic (exact) mass is 515 g/mol. The molecule has 178 valence electrons. The second-order valence-corrected chi connectivity index (χ2v) is 9.74. The van der Waals surface area contributed by atoms with E-state index in [1.165, 1.54) is 18.2 Å². The third-order valence-corrected chi connectivity index (χ3v) is 7.53. The van der Waals surface area contributed by atoms with Crippen molar-refractivity contribution in [2.45, 2.75) is 20.0 Å². The fourth-order valence-corrected chi connectivity index (χ4v) is 5.43. The van der Waals surface area contributed by atoms with Crippen LogP contribution in [0.4, 0.5) is 9.18 Å². The fourth-order valence-electron chi connectivity index (χ4n) is 4.39. The number of benzene rings is 3. The maximum atomic E-state index is 14.3. The van der Waals surface area contributed by atoms with E-state index in [-0.39, 0.29) is 22.0 Å². The summed E-state index contributed by atoms with van der Waals surface area (Å²) in [7, 11) is 0. The molecule has 1 fully saturated rings. The van der Waals surface area contributed by atoms with Crippen molar-refractivity contribution in [2.24, 2.45) is 0 Å². The Bertz CT molecular complexity index is 1600. The summed E-state index contributed by atoms with van der Waals surface area (Å²) in [4.78, 5) is 27.2. The van der Waals surface area contributed by atoms with Crippen molar-refractivity contribution in [3.05, 3.63) is 110 Å². The van der Waals surface area contributed by atoms with E-state index in [9.17, 15) is 19.2 Å². The molecule has 2 amide bonds. The number of thioether (sulfide) groups is 1. The predicted octanol–water partition coefficient (Wildman–Crippen LogP) is 6.90. The number of aromatic nitrogens is 1. The molecule has 0 atom stereocenters. The molecule has 5 rings (SSSR count). The summed E-state index contributed by atoms with van der Waals surface area (Å²) in [5.41, 5.74) is 4.25. The molecule has 5 nitrogen and oxygen atoms in total. The van der Waals surface area contributed by atoms with Crippen LogP contribution in [0.25, 0.3) is 17.0 Å². The van der Waals surface area contributed by atoms with Gasteiger partial charge in [0.1, 0.15) is 5.82 Å². The number of carbonyl (C=O) groups is 2. The molecular weight excluding hydrogens is 497 g/mol. The third kappa shape index (κ3) is 4.19. The normalized spacial score (nSPS) is 14.7. The lowest BCUT2D eigenvalue weighted by molar-refractivity contribution is -0.123. The Hall–Kier alpha value is -3.86. The van der Waals surface area contributed by atoms with Gasteiger partial charge in [0.15, 0.2) is 0 Å². The summed E-state index contributed by atoms with van der Waals surface area (Å²) in [6, 6.07) is 21.7. The highest BCUT2D eigenvalue weighted by molar-refractivity contribution is 8.18. The Balaban J connectivity index is 1.53. The third-order valence-electron chi connectivity index (χ3n) is 6.27. The maximum Gasteiger partial charge on any atom is 0.293 e. The van der Waals surface area contributed by atoms with Crippen LogP contribution in [-0.4, -0.2) is 20.6 Å². The summed E-state index contributed by atoms with van der Waals surface area (Å²) in [5, 5.41) is 10.1. The minimum atomic E-state index is -0.568. The van der Waals surface area contributed by atoms with Gasteiger partial charge < -0.3 is 4.57 Å². The Morgan fingerprint density at radius 2 is 1.78 bits per heavy atom. The van der Waals surface area contributed by atoms with E-state index in [1.54, 1.807) is 12.1 Å². The van der Waals surface area contributed by atoms with E-state index in [2.05, 4.69) is 10.6 Å². The number of hydrogen-bond acceptors (Lipinski definition) is 4. The Morgan fingerprint density at radius 3 is 2.56 bits per heavy atom. The van der Waals surface area contributed by atoms with Crippen LogP contribution in [0.2, 0.25) is 5.02 Å². The van der Waals surface area contributed by atoms with Crippen LogP contribution in [0.5, 0.6) is 0 Å². The first-order chi connectivity index (χ1) is 17.4. The van der Waals surface area contributed by atoms with E-state index < -0.39 is 17.0 Å². The number of halogens is 2. The molecule has 0 bridgehead atoms. The quantitative estimate of drug-likeness (QED) is 0.271. The second-order valence-electron chi connectivity index (χ2n) is 8.34. The van der Waals surface area contributed by atoms with E-state index >= 15 is 0 Å². The molecular formula is C28H19ClFN3O2S. The number of hydrogen-bond donors (Lipinski definition) is 0. The Kier molecular flexibility index (Phi) is 6.40. The van der Waals surface area contributed by atoms with Crippen LogP contribution in [-0.2, 0) is 17.9 Å². The topological polar surface area (TPSA) is 66.1 Å². The summed E-state index contributed by atoms with van der Waals surface area (Å²) < 4.78 is 16.4. The number of imide groups is 1. The number of nitriles is 1. The highest BCUT2D eigenvalue weighted by Crippen LogP contribution is 2.37. The number of nitrogens with zero attached hydrogens (tertiary/aromatic N) is 3. The van der Waals surface area contributed by atoms with Gasteiger partial charge in [0, 0.05) is 39.3 Å². The van der Waals surface area contributed by atoms with Crippen molar-refractivity contribution in [3.63, 3.8) is 0 Å². The second kappa shape index (κ2) is 9.65. The molecule has 0 saturated carbocycles. The lowest BCUT2D eigenvalue weighted by Gasteiger charge is -2.14. The minimum absolute atomic E-state index is 0.103. The van der Waals surface area contributed by atoms with Gasteiger partial charge in [-0.05, 0) is 54.6 Å². The number of fused-ring (bicyclic) bond motifs is 1. The zero-order valence-electron chi connectivity index (χ0n) is 19.2. The van der Waals surface area contributed by atoms with Crippen LogP contribution in [0.15, 0.2) is 71.6 Å². The van der Waals surface area contributed by atoms with Crippen LogP contribution in [0, 0.1) is 24.1 Å². The number of amides is 2. The van der Waals surface area contributed by atoms with E-state index in [1.807, 2.05) is 49.4 Å². The SMILES string of the molecule is Cc1c(/C=C2\SC(=O)N(Cc3c(F)cccc3Cl)C2=O)c2ccccc2n1Cc1ccccc1C#N. The van der Waals surface area contributed by atoms with Crippen molar-refractivity contribution in [2.75, 3.05) is 0 Å². The van der Waals surface area contributed by atoms with Gasteiger partial charge in [-0.3, -0.25) is 14.5 Å². The first-order valence-corrected chi connectivity index (χ1v) is 12.3. The van der Waals surface area contributed by atoms with Crippen LogP contribution >= 0.6 is 23.4 Å². The molecule has 1 saturated heterocycles. The molecule has 8 heteroatoms. The van der Waals surface area contributed by atoms with Crippen molar-refractivity contribution in [1.29, 1.82) is 5.26 Å². The average Bonchev–Trinajstić information content (AvgIpc) is 3.29. The molecule has 1 aliphatic heterocycles. The van der Waals surface area contributed by atoms with Crippen LogP contribution < -0.4 is 0 Å². The molecule has 0 N–H and O–H groups in total. The molecule has 4 aromatic rings. The van der Waals surface area contributed by atoms with Gasteiger partial charge in [-0.15, -0.1) is 0 Å². The largest absolute Gasteiger partial charge is 0.340 e. The Labute approximate surface area is 216 Å². The summed E-state index contributed by atoms with van der Waals surface area (Å²) >= 11 is 6.94. The predicted molar refractivity (Wildman–Crippen MR) is 140 cm³/mol. The van der Waals surface area contributed by atoms with Crippen molar-refractivity contribution in [1.82, 2.24) is 9.47 Å². The highest BCUT2D eigenvalue weighted by Gasteiger charge is 2.36. The zero-order valence-corrected chi connectivity index (χ0v) is 20.7. The molecule has 3 aromatic carbocycles. The molecule has 1 aliphatic rings. The molecule has 0 spiro atoms. The molecule has 0 unspecified atom stereocenters. The van der Waals surface area contributed by atoms with Gasteiger partial charge in [-0.25, -0.2) is 4.39 Å². The smallest absolute Gasteiger partial charge is 0.293 e. The number of carbonyl (C=O) groups excluding carboxylic acids is 2. The lowest BCUT2D eigenvalue weighted by Crippen LogP contribution is -2.28. The lowest BCUT2D eigenvalue weighted by atomic mass is 10.1. The van der Waals surface area contributed by atoms with Gasteiger partial charge in [0.2, 0.25) is 0 Å². The molecule has 0 radical (unpaired) electrons. The van der Waals surface area contributed by atoms with Crippen LogP contribution in [0.1, 0.15) is 27.9 Å². The van der Waals surface area contributed by atoms with Crippen LogP contribution in [0.3, 0.4) is 0 Å². The molecule has 2 heterocycles. The summed E-state index contributed by atoms with van der Waals surface area (Å²) in [6.45, 7) is 2.20. The van der Waals surface area contributed by atoms with Crippen molar-refractivity contribution in [3.8, 4) is 6.07 Å². The molecule has 1 aromatic heterocycles. The van der Waals surface area contributed by atoms with E-state index in [0.717, 1.165) is 44.4 Å². The zero-order chi connectivity index (χ0) is 25.4. The number of rotatable bonds is 5. The number of para-hydroxylation sites is 1. The van der Waals surface area contributed by atoms with Gasteiger partial charge in [0.05, 0.1) is 23.1 Å². The molecule has 0 aliphatic carbocycles. The minimum Gasteiger partial charge on any atom is -0.340 e. The van der Waals surface area contributed by atoms with E-state index in [4.69, 9.17) is 11.6 Å². The molecule has 36 heavy (non-hydrogen) atoms. The van der Waals surface area contributed by atoms with Gasteiger partial charge >= 0.3 is 0 Å². The van der Waals surface area contributed by atoms with Crippen molar-refractivity contribution >= 4 is 51.5 Å². The average molecular weight is 516 g/mol. The maximum absolute atomic E-state index is 14.3. The first-order valence-electron chi connectivity index (χ1n) is 11.1. The van der Waals surface area contributed by atoms with Gasteiger partial charge in [-0.1, -0.05) is 54.1 Å². The summed E-state index contributed by atoms with van der Waals surface area (Å²) in [6.07, 6.45) is 1.72. The Morgan fingerprint density at radius 1 is 1.03 bits per heavy atom. The van der Waals surface area contributed by atoms with Gasteiger partial charge in [-0.2, -0.15) is 5.26 Å². The summed E-state index contributed by atoms with van der Waals surface area (Å²) in [5.74, 6) is -1.06. The van der Waals surface area contributed by atoms with Gasteiger partial charge in [0.25, 0.3) is 11.1 Å². The van der Waals surface area contributed by atoms with Crippen molar-refractivity contribution < 1.29 is 14.0 Å². The highest BCUT2D eigenvalue weighted by atomic mass is 35.5. The van der Waals surface area contributed by atoms with E-state index in [0.29, 0.717) is 12.1 Å².